The number of hydrogen-bond acceptors (Lipinski definition) is 4. The van der Waals surface area contributed by atoms with Crippen molar-refractivity contribution < 1.29 is 19.4 Å². The molecular formula is C15H19NO4S. The summed E-state index contributed by atoms with van der Waals surface area (Å²) in [4.78, 5) is 25.2. The molecule has 2 heterocycles. The van der Waals surface area contributed by atoms with Crippen molar-refractivity contribution in [2.45, 2.75) is 38.6 Å². The molecule has 1 fully saturated rings. The number of amides is 1. The molecule has 0 spiro atoms. The van der Waals surface area contributed by atoms with Gasteiger partial charge in [0.15, 0.2) is 0 Å². The number of carbonyl (C=O) groups is 2. The summed E-state index contributed by atoms with van der Waals surface area (Å²) in [6.45, 7) is 2.01. The van der Waals surface area contributed by atoms with Crippen molar-refractivity contribution >= 4 is 23.2 Å². The average molecular weight is 309 g/mol. The summed E-state index contributed by atoms with van der Waals surface area (Å²) in [6, 6.07) is -0.485. The second-order valence-corrected chi connectivity index (χ2v) is 6.99. The standard InChI is InChI=1S/C15H19NO4S/c1-15(14(18)19)8-20-6-12(15)16-13(17)10-7-21-11-5-3-2-4-9(10)11/h7,12H,2-6,8H2,1H3,(H,16,17)(H,18,19). The van der Waals surface area contributed by atoms with Crippen LogP contribution in [-0.2, 0) is 22.4 Å². The normalized spacial score (nSPS) is 28.1. The number of thiophene rings is 1. The Bertz CT molecular complexity index is 582. The lowest BCUT2D eigenvalue weighted by Crippen LogP contribution is -2.49. The average Bonchev–Trinajstić information content (AvgIpc) is 3.04. The van der Waals surface area contributed by atoms with Crippen LogP contribution in [0.5, 0.6) is 0 Å². The van der Waals surface area contributed by atoms with Gasteiger partial charge < -0.3 is 15.2 Å². The highest BCUT2D eigenvalue weighted by molar-refractivity contribution is 7.10. The minimum absolute atomic E-state index is 0.134. The zero-order valence-corrected chi connectivity index (χ0v) is 12.8. The highest BCUT2D eigenvalue weighted by Gasteiger charge is 2.47. The fraction of sp³-hybridized carbons (Fsp3) is 0.600. The lowest BCUT2D eigenvalue weighted by atomic mass is 9.85. The first-order valence-electron chi connectivity index (χ1n) is 7.23. The van der Waals surface area contributed by atoms with Gasteiger partial charge >= 0.3 is 5.97 Å². The summed E-state index contributed by atoms with van der Waals surface area (Å²) >= 11 is 1.64. The summed E-state index contributed by atoms with van der Waals surface area (Å²) < 4.78 is 5.27. The number of aryl methyl sites for hydroxylation is 1. The molecule has 1 saturated heterocycles. The Labute approximate surface area is 127 Å². The summed E-state index contributed by atoms with van der Waals surface area (Å²) in [6.07, 6.45) is 4.29. The van der Waals surface area contributed by atoms with Crippen molar-refractivity contribution in [3.8, 4) is 0 Å². The lowest BCUT2D eigenvalue weighted by molar-refractivity contribution is -0.148. The number of rotatable bonds is 3. The number of ether oxygens (including phenoxy) is 1. The Kier molecular flexibility index (Phi) is 3.75. The van der Waals surface area contributed by atoms with Gasteiger partial charge in [-0.05, 0) is 38.2 Å². The Hall–Kier alpha value is -1.40. The summed E-state index contributed by atoms with van der Waals surface area (Å²) in [5.41, 5.74) is 0.820. The highest BCUT2D eigenvalue weighted by Crippen LogP contribution is 2.32. The third kappa shape index (κ3) is 2.46. The van der Waals surface area contributed by atoms with Crippen molar-refractivity contribution in [3.63, 3.8) is 0 Å². The molecule has 3 rings (SSSR count). The van der Waals surface area contributed by atoms with E-state index < -0.39 is 17.4 Å². The van der Waals surface area contributed by atoms with E-state index in [1.54, 1.807) is 18.3 Å². The van der Waals surface area contributed by atoms with Crippen LogP contribution < -0.4 is 5.32 Å². The van der Waals surface area contributed by atoms with Gasteiger partial charge in [0.1, 0.15) is 5.41 Å². The predicted octanol–water partition coefficient (Wildman–Crippen LogP) is 1.85. The third-order valence-electron chi connectivity index (χ3n) is 4.56. The second-order valence-electron chi connectivity index (χ2n) is 6.02. The van der Waals surface area contributed by atoms with Gasteiger partial charge in [-0.15, -0.1) is 11.3 Å². The molecule has 1 aromatic rings. The zero-order valence-electron chi connectivity index (χ0n) is 12.0. The van der Waals surface area contributed by atoms with Crippen LogP contribution in [0.2, 0.25) is 0 Å². The van der Waals surface area contributed by atoms with Crippen molar-refractivity contribution in [1.82, 2.24) is 5.32 Å². The fourth-order valence-corrected chi connectivity index (χ4v) is 4.13. The molecule has 21 heavy (non-hydrogen) atoms. The van der Waals surface area contributed by atoms with Gasteiger partial charge in [-0.2, -0.15) is 0 Å². The smallest absolute Gasteiger partial charge is 0.313 e. The first-order valence-corrected chi connectivity index (χ1v) is 8.11. The van der Waals surface area contributed by atoms with Gasteiger partial charge in [-0.1, -0.05) is 0 Å². The van der Waals surface area contributed by atoms with E-state index in [1.807, 2.05) is 5.38 Å². The van der Waals surface area contributed by atoms with E-state index >= 15 is 0 Å². The zero-order chi connectivity index (χ0) is 15.0. The molecule has 2 atom stereocenters. The summed E-state index contributed by atoms with van der Waals surface area (Å²) in [5, 5.41) is 14.1. The maximum atomic E-state index is 12.5. The van der Waals surface area contributed by atoms with Crippen LogP contribution in [0.3, 0.4) is 0 Å². The molecule has 2 aliphatic rings. The maximum Gasteiger partial charge on any atom is 0.313 e. The monoisotopic (exact) mass is 309 g/mol. The fourth-order valence-electron chi connectivity index (χ4n) is 3.01. The minimum atomic E-state index is -1.05. The molecule has 1 aliphatic carbocycles. The van der Waals surface area contributed by atoms with Crippen LogP contribution in [-0.4, -0.2) is 36.2 Å². The molecule has 2 N–H and O–H groups in total. The first kappa shape index (κ1) is 14.5. The summed E-state index contributed by atoms with van der Waals surface area (Å²) in [5.74, 6) is -1.10. The van der Waals surface area contributed by atoms with Crippen LogP contribution in [0.1, 0.15) is 40.6 Å². The van der Waals surface area contributed by atoms with Crippen LogP contribution in [0.25, 0.3) is 0 Å². The van der Waals surface area contributed by atoms with E-state index in [9.17, 15) is 14.7 Å². The molecule has 114 valence electrons. The van der Waals surface area contributed by atoms with Gasteiger partial charge in [0.2, 0.25) is 0 Å². The van der Waals surface area contributed by atoms with E-state index in [2.05, 4.69) is 5.32 Å². The van der Waals surface area contributed by atoms with Gasteiger partial charge in [0.05, 0.1) is 24.8 Å². The number of carboxylic acids is 1. The number of hydrogen-bond donors (Lipinski definition) is 2. The van der Waals surface area contributed by atoms with E-state index in [0.717, 1.165) is 24.8 Å². The minimum Gasteiger partial charge on any atom is -0.481 e. The summed E-state index contributed by atoms with van der Waals surface area (Å²) in [7, 11) is 0. The molecule has 6 heteroatoms. The van der Waals surface area contributed by atoms with E-state index in [0.29, 0.717) is 5.56 Å². The molecule has 1 amide bonds. The molecule has 5 nitrogen and oxygen atoms in total. The van der Waals surface area contributed by atoms with Gasteiger partial charge in [0, 0.05) is 10.3 Å². The first-order chi connectivity index (χ1) is 10.0. The Morgan fingerprint density at radius 1 is 1.43 bits per heavy atom. The van der Waals surface area contributed by atoms with Crippen LogP contribution in [0.15, 0.2) is 5.38 Å². The molecule has 1 aliphatic heterocycles. The Morgan fingerprint density at radius 3 is 2.95 bits per heavy atom. The van der Waals surface area contributed by atoms with Gasteiger partial charge in [-0.25, -0.2) is 0 Å². The SMILES string of the molecule is CC1(C(=O)O)COCC1NC(=O)c1csc2c1CCCC2. The predicted molar refractivity (Wildman–Crippen MR) is 78.8 cm³/mol. The largest absolute Gasteiger partial charge is 0.481 e. The molecule has 1 aromatic heterocycles. The maximum absolute atomic E-state index is 12.5. The number of fused-ring (bicyclic) bond motifs is 1. The number of carboxylic acid groups (broad SMARTS) is 1. The van der Waals surface area contributed by atoms with Crippen LogP contribution in [0, 0.1) is 5.41 Å². The van der Waals surface area contributed by atoms with E-state index in [1.165, 1.54) is 11.3 Å². The quantitative estimate of drug-likeness (QED) is 0.893. The second kappa shape index (κ2) is 5.42. The van der Waals surface area contributed by atoms with Crippen molar-refractivity contribution in [1.29, 1.82) is 0 Å². The van der Waals surface area contributed by atoms with Crippen molar-refractivity contribution in [2.24, 2.45) is 5.41 Å². The topological polar surface area (TPSA) is 75.6 Å². The van der Waals surface area contributed by atoms with Crippen LogP contribution >= 0.6 is 11.3 Å². The highest BCUT2D eigenvalue weighted by atomic mass is 32.1. The Balaban J connectivity index is 1.78. The molecular weight excluding hydrogens is 290 g/mol. The van der Waals surface area contributed by atoms with Crippen LogP contribution in [0.4, 0.5) is 0 Å². The van der Waals surface area contributed by atoms with Gasteiger partial charge in [0.25, 0.3) is 5.91 Å². The molecule has 0 bridgehead atoms. The van der Waals surface area contributed by atoms with Crippen molar-refractivity contribution in [3.05, 3.63) is 21.4 Å². The number of aliphatic carboxylic acids is 1. The number of nitrogens with one attached hydrogen (secondary N) is 1. The molecule has 0 saturated carbocycles. The van der Waals surface area contributed by atoms with E-state index in [-0.39, 0.29) is 19.1 Å². The lowest BCUT2D eigenvalue weighted by Gasteiger charge is -2.25. The van der Waals surface area contributed by atoms with Gasteiger partial charge in [-0.3, -0.25) is 9.59 Å². The number of carbonyl (C=O) groups excluding carboxylic acids is 1. The molecule has 0 radical (unpaired) electrons. The van der Waals surface area contributed by atoms with E-state index in [4.69, 9.17) is 4.74 Å². The molecule has 0 aromatic carbocycles. The Morgan fingerprint density at radius 2 is 2.19 bits per heavy atom. The molecule has 2 unspecified atom stereocenters. The third-order valence-corrected chi connectivity index (χ3v) is 5.64. The van der Waals surface area contributed by atoms with Crippen molar-refractivity contribution in [2.75, 3.05) is 13.2 Å².